The first-order chi connectivity index (χ1) is 14.9. The van der Waals surface area contributed by atoms with E-state index in [9.17, 15) is 8.42 Å². The summed E-state index contributed by atoms with van der Waals surface area (Å²) in [5, 5.41) is 2.74. The maximum atomic E-state index is 13.1. The van der Waals surface area contributed by atoms with Gasteiger partial charge in [-0.15, -0.1) is 11.3 Å². The van der Waals surface area contributed by atoms with Gasteiger partial charge in [0, 0.05) is 29.8 Å². The average molecular weight is 454 g/mol. The minimum absolute atomic E-state index is 0.130. The van der Waals surface area contributed by atoms with Gasteiger partial charge in [-0.1, -0.05) is 30.3 Å². The van der Waals surface area contributed by atoms with Crippen molar-refractivity contribution in [2.24, 2.45) is 7.05 Å². The Morgan fingerprint density at radius 1 is 1.06 bits per heavy atom. The molecule has 31 heavy (non-hydrogen) atoms. The van der Waals surface area contributed by atoms with E-state index in [0.717, 1.165) is 22.0 Å². The van der Waals surface area contributed by atoms with E-state index < -0.39 is 10.0 Å². The summed E-state index contributed by atoms with van der Waals surface area (Å²) >= 11 is 1.48. The average Bonchev–Trinajstić information content (AvgIpc) is 3.48. The van der Waals surface area contributed by atoms with E-state index in [-0.39, 0.29) is 11.7 Å². The maximum absolute atomic E-state index is 13.1. The number of nitrogens with zero attached hydrogens (tertiary/aromatic N) is 2. The van der Waals surface area contributed by atoms with Crippen LogP contribution in [0.5, 0.6) is 11.5 Å². The third-order valence-corrected chi connectivity index (χ3v) is 7.56. The molecule has 0 radical (unpaired) electrons. The Morgan fingerprint density at radius 2 is 1.84 bits per heavy atom. The van der Waals surface area contributed by atoms with Crippen molar-refractivity contribution >= 4 is 27.0 Å². The lowest BCUT2D eigenvalue weighted by Crippen LogP contribution is -2.13. The molecular formula is C22H19N3O4S2. The Labute approximate surface area is 184 Å². The van der Waals surface area contributed by atoms with Crippen LogP contribution in [0.1, 0.15) is 5.69 Å². The number of hydrogen-bond donors (Lipinski definition) is 1. The zero-order valence-electron chi connectivity index (χ0n) is 16.8. The van der Waals surface area contributed by atoms with Gasteiger partial charge < -0.3 is 14.0 Å². The number of benzene rings is 2. The van der Waals surface area contributed by atoms with E-state index in [2.05, 4.69) is 4.72 Å². The largest absolute Gasteiger partial charge is 0.454 e. The summed E-state index contributed by atoms with van der Waals surface area (Å²) in [6.45, 7) is 1.91. The van der Waals surface area contributed by atoms with Crippen molar-refractivity contribution in [2.75, 3.05) is 11.5 Å². The summed E-state index contributed by atoms with van der Waals surface area (Å²) in [7, 11) is -1.97. The normalized spacial score (nSPS) is 12.8. The molecule has 1 aliphatic heterocycles. The highest BCUT2D eigenvalue weighted by molar-refractivity contribution is 7.92. The molecule has 7 nitrogen and oxygen atoms in total. The lowest BCUT2D eigenvalue weighted by Gasteiger charge is -2.09. The van der Waals surface area contributed by atoms with Crippen molar-refractivity contribution in [2.45, 2.75) is 11.8 Å². The quantitative estimate of drug-likeness (QED) is 0.476. The number of hydrogen-bond acceptors (Lipinski definition) is 6. The van der Waals surface area contributed by atoms with Crippen LogP contribution in [-0.4, -0.2) is 24.8 Å². The summed E-state index contributed by atoms with van der Waals surface area (Å²) < 4.78 is 41.4. The smallest absolute Gasteiger partial charge is 0.263 e. The molecule has 1 N–H and O–H groups in total. The van der Waals surface area contributed by atoms with E-state index in [0.29, 0.717) is 22.9 Å². The van der Waals surface area contributed by atoms with Crippen molar-refractivity contribution in [3.05, 3.63) is 65.7 Å². The molecule has 0 saturated carbocycles. The first-order valence-corrected chi connectivity index (χ1v) is 11.9. The molecule has 158 valence electrons. The molecule has 0 spiro atoms. The van der Waals surface area contributed by atoms with Crippen LogP contribution >= 0.6 is 11.3 Å². The Bertz CT molecular complexity index is 1380. The molecule has 4 aromatic rings. The van der Waals surface area contributed by atoms with Gasteiger partial charge in [-0.2, -0.15) is 0 Å². The van der Waals surface area contributed by atoms with E-state index in [4.69, 9.17) is 14.5 Å². The molecule has 0 saturated heterocycles. The highest BCUT2D eigenvalue weighted by Crippen LogP contribution is 2.36. The van der Waals surface area contributed by atoms with Crippen LogP contribution in [0.4, 0.5) is 5.69 Å². The Balaban J connectivity index is 1.47. The SMILES string of the molecule is Cc1c(S(=O)(=O)Nc2ccc3c(c2)OCO3)cc(-c2nc(-c3ccccc3)cs2)n1C. The van der Waals surface area contributed by atoms with Crippen molar-refractivity contribution < 1.29 is 17.9 Å². The Morgan fingerprint density at radius 3 is 2.65 bits per heavy atom. The second-order valence-corrected chi connectivity index (χ2v) is 9.62. The van der Waals surface area contributed by atoms with Crippen LogP contribution in [0, 0.1) is 6.92 Å². The second kappa shape index (κ2) is 7.44. The van der Waals surface area contributed by atoms with Crippen molar-refractivity contribution in [3.8, 4) is 33.5 Å². The van der Waals surface area contributed by atoms with Crippen LogP contribution in [0.25, 0.3) is 22.0 Å². The molecule has 1 aliphatic rings. The summed E-state index contributed by atoms with van der Waals surface area (Å²) in [5.74, 6) is 1.11. The molecule has 0 bridgehead atoms. The number of thiazole rings is 1. The van der Waals surface area contributed by atoms with Gasteiger partial charge in [0.2, 0.25) is 6.79 Å². The van der Waals surface area contributed by atoms with Gasteiger partial charge in [-0.25, -0.2) is 13.4 Å². The van der Waals surface area contributed by atoms with Crippen LogP contribution in [0.2, 0.25) is 0 Å². The predicted octanol–water partition coefficient (Wildman–Crippen LogP) is 4.65. The zero-order chi connectivity index (χ0) is 21.6. The molecule has 3 heterocycles. The van der Waals surface area contributed by atoms with Crippen molar-refractivity contribution in [1.82, 2.24) is 9.55 Å². The number of nitrogens with one attached hydrogen (secondary N) is 1. The molecule has 0 unspecified atom stereocenters. The monoisotopic (exact) mass is 453 g/mol. The third kappa shape index (κ3) is 3.55. The van der Waals surface area contributed by atoms with Crippen LogP contribution in [0.3, 0.4) is 0 Å². The first-order valence-electron chi connectivity index (χ1n) is 9.52. The first kappa shape index (κ1) is 19.7. The van der Waals surface area contributed by atoms with Crippen LogP contribution in [0.15, 0.2) is 64.9 Å². The predicted molar refractivity (Wildman–Crippen MR) is 120 cm³/mol. The van der Waals surface area contributed by atoms with Crippen LogP contribution in [-0.2, 0) is 17.1 Å². The number of rotatable bonds is 5. The summed E-state index contributed by atoms with van der Waals surface area (Å²) in [5.41, 5.74) is 3.67. The van der Waals surface area contributed by atoms with E-state index in [1.54, 1.807) is 31.2 Å². The highest BCUT2D eigenvalue weighted by Gasteiger charge is 2.24. The highest BCUT2D eigenvalue weighted by atomic mass is 32.2. The standard InChI is InChI=1S/C22H19N3O4S2/c1-14-21(31(26,27)24-16-8-9-19-20(10-16)29-13-28-19)11-18(25(14)2)22-23-17(12-30-22)15-6-4-3-5-7-15/h3-12,24H,13H2,1-2H3. The number of ether oxygens (including phenoxy) is 2. The molecule has 0 fully saturated rings. The third-order valence-electron chi connectivity index (χ3n) is 5.20. The van der Waals surface area contributed by atoms with Crippen molar-refractivity contribution in [3.63, 3.8) is 0 Å². The van der Waals surface area contributed by atoms with Gasteiger partial charge in [0.1, 0.15) is 9.90 Å². The molecule has 9 heteroatoms. The van der Waals surface area contributed by atoms with E-state index in [1.807, 2.05) is 47.3 Å². The number of fused-ring (bicyclic) bond motifs is 1. The summed E-state index contributed by atoms with van der Waals surface area (Å²) in [6.07, 6.45) is 0. The van der Waals surface area contributed by atoms with Gasteiger partial charge in [0.15, 0.2) is 11.5 Å². The topological polar surface area (TPSA) is 82.5 Å². The van der Waals surface area contributed by atoms with E-state index in [1.165, 1.54) is 11.3 Å². The fourth-order valence-corrected chi connectivity index (χ4v) is 5.67. The molecule has 0 amide bonds. The van der Waals surface area contributed by atoms with Gasteiger partial charge in [0.25, 0.3) is 10.0 Å². The Hall–Kier alpha value is -3.30. The molecule has 0 aliphatic carbocycles. The minimum Gasteiger partial charge on any atom is -0.454 e. The molecule has 2 aromatic heterocycles. The fourth-order valence-electron chi connectivity index (χ4n) is 3.45. The molecule has 5 rings (SSSR count). The molecular weight excluding hydrogens is 434 g/mol. The summed E-state index contributed by atoms with van der Waals surface area (Å²) in [4.78, 5) is 4.93. The van der Waals surface area contributed by atoms with E-state index >= 15 is 0 Å². The zero-order valence-corrected chi connectivity index (χ0v) is 18.5. The minimum atomic E-state index is -3.81. The number of sulfonamides is 1. The maximum Gasteiger partial charge on any atom is 0.263 e. The molecule has 0 atom stereocenters. The van der Waals surface area contributed by atoms with Gasteiger partial charge in [0.05, 0.1) is 17.1 Å². The Kier molecular flexibility index (Phi) is 4.71. The number of anilines is 1. The lowest BCUT2D eigenvalue weighted by atomic mass is 10.2. The molecule has 2 aromatic carbocycles. The van der Waals surface area contributed by atoms with Gasteiger partial charge >= 0.3 is 0 Å². The van der Waals surface area contributed by atoms with Crippen molar-refractivity contribution in [1.29, 1.82) is 0 Å². The lowest BCUT2D eigenvalue weighted by molar-refractivity contribution is 0.174. The second-order valence-electron chi connectivity index (χ2n) is 7.12. The van der Waals surface area contributed by atoms with Crippen LogP contribution < -0.4 is 14.2 Å². The summed E-state index contributed by atoms with van der Waals surface area (Å²) in [6, 6.07) is 16.5. The fraction of sp³-hybridized carbons (Fsp3) is 0.136. The van der Waals surface area contributed by atoms with Gasteiger partial charge in [-0.3, -0.25) is 4.72 Å². The van der Waals surface area contributed by atoms with Gasteiger partial charge in [-0.05, 0) is 25.1 Å². The number of aromatic nitrogens is 2.